The first kappa shape index (κ1) is 28.0. The zero-order valence-electron chi connectivity index (χ0n) is 22.4. The molecule has 3 aromatic rings. The second-order valence-corrected chi connectivity index (χ2v) is 9.87. The predicted octanol–water partition coefficient (Wildman–Crippen LogP) is 2.75. The van der Waals surface area contributed by atoms with Gasteiger partial charge in [0.1, 0.15) is 6.04 Å². The van der Waals surface area contributed by atoms with E-state index in [4.69, 9.17) is 5.73 Å². The van der Waals surface area contributed by atoms with Crippen LogP contribution < -0.4 is 27.0 Å². The molecule has 0 aromatic heterocycles. The maximum Gasteiger partial charge on any atom is 0.264 e. The number of fused-ring (bicyclic) bond motifs is 1. The SMILES string of the molecule is Nc1ccccc1NC(=O)c1ccc(NC(=O)CCCNc2cccc3c2C(=O)N(C2CCC(=O)NC2=O)C3=O)cc1. The number of nitrogens with one attached hydrogen (secondary N) is 4. The van der Waals surface area contributed by atoms with Crippen molar-refractivity contribution in [2.24, 2.45) is 0 Å². The molecule has 6 N–H and O–H groups in total. The topological polar surface area (TPSA) is 180 Å². The monoisotopic (exact) mass is 568 g/mol. The number of para-hydroxylation sites is 2. The summed E-state index contributed by atoms with van der Waals surface area (Å²) in [6, 6.07) is 17.1. The van der Waals surface area contributed by atoms with Crippen LogP contribution in [0.25, 0.3) is 0 Å². The third kappa shape index (κ3) is 5.82. The highest BCUT2D eigenvalue weighted by Crippen LogP contribution is 2.32. The Labute approximate surface area is 240 Å². The van der Waals surface area contributed by atoms with Crippen molar-refractivity contribution in [2.75, 3.05) is 28.2 Å². The summed E-state index contributed by atoms with van der Waals surface area (Å²) >= 11 is 0. The number of amides is 6. The number of piperidine rings is 1. The third-order valence-electron chi connectivity index (χ3n) is 7.00. The molecular formula is C30H28N6O6. The summed E-state index contributed by atoms with van der Waals surface area (Å²) in [6.45, 7) is 0.339. The first-order chi connectivity index (χ1) is 20.2. The smallest absolute Gasteiger partial charge is 0.264 e. The Balaban J connectivity index is 1.12. The Morgan fingerprint density at radius 1 is 0.881 bits per heavy atom. The van der Waals surface area contributed by atoms with Gasteiger partial charge in [0.25, 0.3) is 17.7 Å². The van der Waals surface area contributed by atoms with Crippen LogP contribution in [0.3, 0.4) is 0 Å². The first-order valence-corrected chi connectivity index (χ1v) is 13.4. The van der Waals surface area contributed by atoms with Gasteiger partial charge in [-0.2, -0.15) is 0 Å². The lowest BCUT2D eigenvalue weighted by atomic mass is 10.0. The van der Waals surface area contributed by atoms with Crippen LogP contribution >= 0.6 is 0 Å². The molecule has 1 unspecified atom stereocenters. The molecule has 1 fully saturated rings. The fraction of sp³-hybridized carbons (Fsp3) is 0.200. The van der Waals surface area contributed by atoms with Crippen LogP contribution in [0.4, 0.5) is 22.7 Å². The molecule has 42 heavy (non-hydrogen) atoms. The third-order valence-corrected chi connectivity index (χ3v) is 7.00. The maximum absolute atomic E-state index is 13.2. The van der Waals surface area contributed by atoms with Crippen molar-refractivity contribution in [3.05, 3.63) is 83.4 Å². The Morgan fingerprint density at radius 3 is 2.36 bits per heavy atom. The van der Waals surface area contributed by atoms with E-state index in [0.29, 0.717) is 41.3 Å². The molecule has 0 spiro atoms. The van der Waals surface area contributed by atoms with E-state index in [1.54, 1.807) is 60.7 Å². The van der Waals surface area contributed by atoms with Crippen LogP contribution in [0.2, 0.25) is 0 Å². The zero-order chi connectivity index (χ0) is 29.8. The second kappa shape index (κ2) is 11.9. The molecule has 214 valence electrons. The molecular weight excluding hydrogens is 540 g/mol. The van der Waals surface area contributed by atoms with E-state index in [9.17, 15) is 28.8 Å². The van der Waals surface area contributed by atoms with Gasteiger partial charge in [0.05, 0.1) is 22.5 Å². The summed E-state index contributed by atoms with van der Waals surface area (Å²) in [6.07, 6.45) is 0.716. The molecule has 0 radical (unpaired) electrons. The second-order valence-electron chi connectivity index (χ2n) is 9.87. The molecule has 2 heterocycles. The molecule has 0 aliphatic carbocycles. The first-order valence-electron chi connectivity index (χ1n) is 13.4. The molecule has 2 aliphatic heterocycles. The van der Waals surface area contributed by atoms with Gasteiger partial charge in [-0.15, -0.1) is 0 Å². The molecule has 6 amide bonds. The number of hydrogen-bond acceptors (Lipinski definition) is 8. The van der Waals surface area contributed by atoms with Crippen LogP contribution in [-0.2, 0) is 14.4 Å². The summed E-state index contributed by atoms with van der Waals surface area (Å²) in [7, 11) is 0. The molecule has 0 bridgehead atoms. The fourth-order valence-electron chi connectivity index (χ4n) is 4.87. The van der Waals surface area contributed by atoms with E-state index in [1.165, 1.54) is 6.07 Å². The van der Waals surface area contributed by atoms with E-state index >= 15 is 0 Å². The molecule has 2 aliphatic rings. The standard InChI is InChI=1S/C30H28N6O6/c31-20-6-1-2-7-21(20)34-27(39)17-10-12-18(13-11-17)33-24(37)9-4-16-32-22-8-3-5-19-26(22)30(42)36(29(19)41)23-14-15-25(38)35-28(23)40/h1-3,5-8,10-13,23,32H,4,9,14-16,31H2,(H,33,37)(H,34,39)(H,35,38,40). The summed E-state index contributed by atoms with van der Waals surface area (Å²) in [5.41, 5.74) is 8.53. The number of carbonyl (C=O) groups excluding carboxylic acids is 6. The Hall–Kier alpha value is -5.52. The predicted molar refractivity (Wildman–Crippen MR) is 155 cm³/mol. The molecule has 5 rings (SSSR count). The summed E-state index contributed by atoms with van der Waals surface area (Å²) in [5, 5.41) is 10.8. The van der Waals surface area contributed by atoms with Crippen molar-refractivity contribution >= 4 is 58.2 Å². The number of nitrogen functional groups attached to an aromatic ring is 1. The zero-order valence-corrected chi connectivity index (χ0v) is 22.4. The van der Waals surface area contributed by atoms with Crippen molar-refractivity contribution in [3.63, 3.8) is 0 Å². The highest BCUT2D eigenvalue weighted by Gasteiger charge is 2.45. The van der Waals surface area contributed by atoms with E-state index in [-0.39, 0.29) is 42.2 Å². The molecule has 12 nitrogen and oxygen atoms in total. The van der Waals surface area contributed by atoms with Gasteiger partial charge >= 0.3 is 0 Å². The van der Waals surface area contributed by atoms with Gasteiger partial charge in [-0.25, -0.2) is 0 Å². The number of rotatable bonds is 9. The molecule has 1 saturated heterocycles. The minimum Gasteiger partial charge on any atom is -0.397 e. The van der Waals surface area contributed by atoms with Crippen LogP contribution in [-0.4, -0.2) is 52.9 Å². The number of anilines is 4. The van der Waals surface area contributed by atoms with Crippen LogP contribution in [0.1, 0.15) is 56.8 Å². The van der Waals surface area contributed by atoms with Crippen molar-refractivity contribution in [1.29, 1.82) is 0 Å². The maximum atomic E-state index is 13.2. The van der Waals surface area contributed by atoms with E-state index < -0.39 is 29.7 Å². The number of hydrogen-bond donors (Lipinski definition) is 5. The van der Waals surface area contributed by atoms with Gasteiger partial charge in [-0.3, -0.25) is 39.0 Å². The van der Waals surface area contributed by atoms with Gasteiger partial charge in [-0.1, -0.05) is 18.2 Å². The summed E-state index contributed by atoms with van der Waals surface area (Å²) in [4.78, 5) is 75.8. The van der Waals surface area contributed by atoms with Crippen LogP contribution in [0.15, 0.2) is 66.7 Å². The average molecular weight is 569 g/mol. The van der Waals surface area contributed by atoms with E-state index in [1.807, 2.05) is 0 Å². The average Bonchev–Trinajstić information content (AvgIpc) is 3.22. The number of benzene rings is 3. The van der Waals surface area contributed by atoms with E-state index in [0.717, 1.165) is 4.90 Å². The lowest BCUT2D eigenvalue weighted by Gasteiger charge is -2.27. The highest BCUT2D eigenvalue weighted by atomic mass is 16.2. The lowest BCUT2D eigenvalue weighted by molar-refractivity contribution is -0.136. The highest BCUT2D eigenvalue weighted by molar-refractivity contribution is 6.25. The number of nitrogens with zero attached hydrogens (tertiary/aromatic N) is 1. The van der Waals surface area contributed by atoms with Gasteiger partial charge in [0.2, 0.25) is 17.7 Å². The molecule has 0 saturated carbocycles. The number of imide groups is 2. The molecule has 12 heteroatoms. The quantitative estimate of drug-likeness (QED) is 0.148. The van der Waals surface area contributed by atoms with Gasteiger partial charge < -0.3 is 21.7 Å². The van der Waals surface area contributed by atoms with Crippen molar-refractivity contribution in [2.45, 2.75) is 31.7 Å². The van der Waals surface area contributed by atoms with Crippen molar-refractivity contribution in [3.8, 4) is 0 Å². The van der Waals surface area contributed by atoms with Crippen molar-refractivity contribution in [1.82, 2.24) is 10.2 Å². The van der Waals surface area contributed by atoms with Gasteiger partial charge in [0, 0.05) is 36.3 Å². The van der Waals surface area contributed by atoms with E-state index in [2.05, 4.69) is 21.3 Å². The number of nitrogens with two attached hydrogens (primary N) is 1. The fourth-order valence-corrected chi connectivity index (χ4v) is 4.87. The van der Waals surface area contributed by atoms with Gasteiger partial charge in [-0.05, 0) is 61.4 Å². The molecule has 1 atom stereocenters. The number of carbonyl (C=O) groups is 6. The summed E-state index contributed by atoms with van der Waals surface area (Å²) < 4.78 is 0. The van der Waals surface area contributed by atoms with Crippen LogP contribution in [0, 0.1) is 0 Å². The van der Waals surface area contributed by atoms with Crippen LogP contribution in [0.5, 0.6) is 0 Å². The molecule has 3 aromatic carbocycles. The lowest BCUT2D eigenvalue weighted by Crippen LogP contribution is -2.54. The Morgan fingerprint density at radius 2 is 1.62 bits per heavy atom. The van der Waals surface area contributed by atoms with Gasteiger partial charge in [0.15, 0.2) is 0 Å². The minimum atomic E-state index is -1.04. The largest absolute Gasteiger partial charge is 0.397 e. The van der Waals surface area contributed by atoms with Crippen molar-refractivity contribution < 1.29 is 28.8 Å². The minimum absolute atomic E-state index is 0.0419. The summed E-state index contributed by atoms with van der Waals surface area (Å²) in [5.74, 6) is -2.86. The Bertz CT molecular complexity index is 1600. The Kier molecular flexibility index (Phi) is 7.96. The normalized spacial score (nSPS) is 16.1.